The molecule has 4 rings (SSSR count). The highest BCUT2D eigenvalue weighted by atomic mass is 16.2. The number of rotatable bonds is 5. The summed E-state index contributed by atoms with van der Waals surface area (Å²) in [5.41, 5.74) is 3.40. The molecule has 0 saturated carbocycles. The zero-order valence-corrected chi connectivity index (χ0v) is 16.4. The SMILES string of the molecule is Cc1cnc(-c2ccccc2)n1CC1CCCN(C(=O)Cc2ccccc2)C1. The summed E-state index contributed by atoms with van der Waals surface area (Å²) in [6, 6.07) is 20.4. The number of aromatic nitrogens is 2. The van der Waals surface area contributed by atoms with Crippen molar-refractivity contribution in [1.29, 1.82) is 0 Å². The van der Waals surface area contributed by atoms with Gasteiger partial charge in [-0.2, -0.15) is 0 Å². The van der Waals surface area contributed by atoms with Crippen molar-refractivity contribution in [2.24, 2.45) is 5.92 Å². The summed E-state index contributed by atoms with van der Waals surface area (Å²) < 4.78 is 2.31. The van der Waals surface area contributed by atoms with Gasteiger partial charge in [0.15, 0.2) is 0 Å². The Morgan fingerprint density at radius 3 is 2.54 bits per heavy atom. The molecule has 1 atom stereocenters. The Kier molecular flexibility index (Phi) is 5.56. The lowest BCUT2D eigenvalue weighted by Crippen LogP contribution is -2.41. The van der Waals surface area contributed by atoms with Crippen molar-refractivity contribution < 1.29 is 4.79 Å². The first-order valence-corrected chi connectivity index (χ1v) is 10.1. The standard InChI is InChI=1S/C24H27N3O/c1-19-16-25-24(22-12-6-3-7-13-22)27(19)18-21-11-8-14-26(17-21)23(28)15-20-9-4-2-5-10-20/h2-7,9-10,12-13,16,21H,8,11,14-15,17-18H2,1H3. The smallest absolute Gasteiger partial charge is 0.226 e. The van der Waals surface area contributed by atoms with E-state index in [9.17, 15) is 4.79 Å². The number of aryl methyl sites for hydroxylation is 1. The van der Waals surface area contributed by atoms with Gasteiger partial charge >= 0.3 is 0 Å². The molecule has 0 spiro atoms. The molecule has 1 amide bonds. The number of nitrogens with zero attached hydrogens (tertiary/aromatic N) is 3. The van der Waals surface area contributed by atoms with Crippen LogP contribution in [0.25, 0.3) is 11.4 Å². The fourth-order valence-electron chi connectivity index (χ4n) is 4.09. The zero-order chi connectivity index (χ0) is 19.3. The maximum atomic E-state index is 12.8. The highest BCUT2D eigenvalue weighted by Crippen LogP contribution is 2.24. The lowest BCUT2D eigenvalue weighted by Gasteiger charge is -2.33. The quantitative estimate of drug-likeness (QED) is 0.667. The van der Waals surface area contributed by atoms with Crippen molar-refractivity contribution in [3.05, 3.63) is 78.1 Å². The van der Waals surface area contributed by atoms with Crippen molar-refractivity contribution in [1.82, 2.24) is 14.5 Å². The van der Waals surface area contributed by atoms with Crippen molar-refractivity contribution in [3.63, 3.8) is 0 Å². The van der Waals surface area contributed by atoms with Crippen molar-refractivity contribution in [2.75, 3.05) is 13.1 Å². The molecule has 0 N–H and O–H groups in total. The first kappa shape index (κ1) is 18.5. The number of hydrogen-bond donors (Lipinski definition) is 0. The molecule has 1 aliphatic heterocycles. The van der Waals surface area contributed by atoms with E-state index in [2.05, 4.69) is 33.5 Å². The molecule has 28 heavy (non-hydrogen) atoms. The van der Waals surface area contributed by atoms with Crippen LogP contribution >= 0.6 is 0 Å². The third-order valence-corrected chi connectivity index (χ3v) is 5.60. The number of benzene rings is 2. The minimum absolute atomic E-state index is 0.238. The van der Waals surface area contributed by atoms with Crippen molar-refractivity contribution in [2.45, 2.75) is 32.7 Å². The third-order valence-electron chi connectivity index (χ3n) is 5.60. The lowest BCUT2D eigenvalue weighted by atomic mass is 9.97. The van der Waals surface area contributed by atoms with Gasteiger partial charge in [0.2, 0.25) is 5.91 Å². The Morgan fingerprint density at radius 1 is 1.07 bits per heavy atom. The second kappa shape index (κ2) is 8.42. The predicted molar refractivity (Wildman–Crippen MR) is 112 cm³/mol. The molecule has 1 saturated heterocycles. The summed E-state index contributed by atoms with van der Waals surface area (Å²) in [6.07, 6.45) is 4.66. The van der Waals surface area contributed by atoms with Gasteiger partial charge < -0.3 is 9.47 Å². The van der Waals surface area contributed by atoms with E-state index in [1.165, 1.54) is 5.69 Å². The van der Waals surface area contributed by atoms with Crippen LogP contribution in [0, 0.1) is 12.8 Å². The molecule has 4 heteroatoms. The minimum atomic E-state index is 0.238. The van der Waals surface area contributed by atoms with Crippen molar-refractivity contribution in [3.8, 4) is 11.4 Å². The number of amides is 1. The fourth-order valence-corrected chi connectivity index (χ4v) is 4.09. The molecule has 2 heterocycles. The van der Waals surface area contributed by atoms with Gasteiger partial charge in [-0.3, -0.25) is 4.79 Å². The van der Waals surface area contributed by atoms with Gasteiger partial charge in [-0.05, 0) is 31.2 Å². The lowest BCUT2D eigenvalue weighted by molar-refractivity contribution is -0.132. The summed E-state index contributed by atoms with van der Waals surface area (Å²) in [5, 5.41) is 0. The average Bonchev–Trinajstić information content (AvgIpc) is 3.10. The molecule has 3 aromatic rings. The monoisotopic (exact) mass is 373 g/mol. The van der Waals surface area contributed by atoms with Gasteiger partial charge in [-0.15, -0.1) is 0 Å². The van der Waals surface area contributed by atoms with E-state index >= 15 is 0 Å². The minimum Gasteiger partial charge on any atom is -0.342 e. The topological polar surface area (TPSA) is 38.1 Å². The van der Waals surface area contributed by atoms with Crippen LogP contribution in [-0.2, 0) is 17.8 Å². The molecule has 4 nitrogen and oxygen atoms in total. The van der Waals surface area contributed by atoms with Crippen LogP contribution in [0.1, 0.15) is 24.1 Å². The number of piperidine rings is 1. The molecule has 144 valence electrons. The zero-order valence-electron chi connectivity index (χ0n) is 16.4. The van der Waals surface area contributed by atoms with E-state index < -0.39 is 0 Å². The van der Waals surface area contributed by atoms with Gasteiger partial charge in [-0.1, -0.05) is 60.7 Å². The van der Waals surface area contributed by atoms with Gasteiger partial charge in [0.05, 0.1) is 6.42 Å². The second-order valence-corrected chi connectivity index (χ2v) is 7.71. The van der Waals surface area contributed by atoms with E-state index in [-0.39, 0.29) is 5.91 Å². The Morgan fingerprint density at radius 2 is 1.79 bits per heavy atom. The summed E-state index contributed by atoms with van der Waals surface area (Å²) in [4.78, 5) is 19.5. The maximum Gasteiger partial charge on any atom is 0.226 e. The number of likely N-dealkylation sites (tertiary alicyclic amines) is 1. The Labute approximate surface area is 166 Å². The number of hydrogen-bond acceptors (Lipinski definition) is 2. The van der Waals surface area contributed by atoms with E-state index in [0.29, 0.717) is 12.3 Å². The van der Waals surface area contributed by atoms with Crippen LogP contribution < -0.4 is 0 Å². The molecular formula is C24H27N3O. The molecule has 1 aliphatic rings. The first-order valence-electron chi connectivity index (χ1n) is 10.1. The van der Waals surface area contributed by atoms with Gasteiger partial charge in [-0.25, -0.2) is 4.98 Å². The normalized spacial score (nSPS) is 16.9. The molecule has 1 unspecified atom stereocenters. The van der Waals surface area contributed by atoms with Crippen molar-refractivity contribution >= 4 is 5.91 Å². The molecule has 0 aliphatic carbocycles. The first-order chi connectivity index (χ1) is 13.7. The van der Waals surface area contributed by atoms with Gasteiger partial charge in [0.1, 0.15) is 5.82 Å². The van der Waals surface area contributed by atoms with Gasteiger partial charge in [0.25, 0.3) is 0 Å². The number of carbonyl (C=O) groups excluding carboxylic acids is 1. The highest BCUT2D eigenvalue weighted by molar-refractivity contribution is 5.78. The highest BCUT2D eigenvalue weighted by Gasteiger charge is 2.25. The maximum absolute atomic E-state index is 12.8. The van der Waals surface area contributed by atoms with E-state index in [4.69, 9.17) is 0 Å². The van der Waals surface area contributed by atoms with Crippen LogP contribution in [-0.4, -0.2) is 33.4 Å². The molecule has 0 bridgehead atoms. The molecule has 2 aromatic carbocycles. The number of imidazole rings is 1. The van der Waals surface area contributed by atoms with Crippen LogP contribution in [0.15, 0.2) is 66.9 Å². The molecule has 1 aromatic heterocycles. The summed E-state index contributed by atoms with van der Waals surface area (Å²) in [5.74, 6) is 1.72. The molecular weight excluding hydrogens is 346 g/mol. The van der Waals surface area contributed by atoms with Gasteiger partial charge in [0, 0.05) is 37.1 Å². The second-order valence-electron chi connectivity index (χ2n) is 7.71. The Bertz CT molecular complexity index is 918. The van der Waals surface area contributed by atoms with Crippen LogP contribution in [0.4, 0.5) is 0 Å². The van der Waals surface area contributed by atoms with Crippen LogP contribution in [0.5, 0.6) is 0 Å². The van der Waals surface area contributed by atoms with E-state index in [1.54, 1.807) is 0 Å². The van der Waals surface area contributed by atoms with Crippen LogP contribution in [0.2, 0.25) is 0 Å². The fraction of sp³-hybridized carbons (Fsp3) is 0.333. The third kappa shape index (κ3) is 4.16. The summed E-state index contributed by atoms with van der Waals surface area (Å²) in [6.45, 7) is 4.72. The Balaban J connectivity index is 1.45. The Hall–Kier alpha value is -2.88. The van der Waals surface area contributed by atoms with E-state index in [1.807, 2.05) is 54.7 Å². The summed E-state index contributed by atoms with van der Waals surface area (Å²) >= 11 is 0. The van der Waals surface area contributed by atoms with E-state index in [0.717, 1.165) is 49.4 Å². The number of carbonyl (C=O) groups is 1. The summed E-state index contributed by atoms with van der Waals surface area (Å²) in [7, 11) is 0. The molecule has 1 fully saturated rings. The predicted octanol–water partition coefficient (Wildman–Crippen LogP) is 4.34. The largest absolute Gasteiger partial charge is 0.342 e. The van der Waals surface area contributed by atoms with Crippen LogP contribution in [0.3, 0.4) is 0 Å². The average molecular weight is 374 g/mol. The molecule has 0 radical (unpaired) electrons.